The first-order chi connectivity index (χ1) is 11.1. The second-order valence-electron chi connectivity index (χ2n) is 8.03. The van der Waals surface area contributed by atoms with Crippen LogP contribution in [-0.2, 0) is 19.6 Å². The van der Waals surface area contributed by atoms with Crippen LogP contribution in [0, 0.1) is 23.7 Å². The van der Waals surface area contributed by atoms with Crippen LogP contribution in [0.5, 0.6) is 0 Å². The maximum Gasteiger partial charge on any atom is 0.337 e. The van der Waals surface area contributed by atoms with Gasteiger partial charge in [-0.3, -0.25) is 0 Å². The molecule has 1 heterocycles. The molecule has 0 amide bonds. The highest BCUT2D eigenvalue weighted by atomic mass is 32.2. The van der Waals surface area contributed by atoms with E-state index in [9.17, 15) is 21.8 Å². The van der Waals surface area contributed by atoms with Gasteiger partial charge in [0.25, 0.3) is 0 Å². The number of alkyl halides is 2. The van der Waals surface area contributed by atoms with Crippen molar-refractivity contribution < 1.29 is 31.2 Å². The lowest BCUT2D eigenvalue weighted by Gasteiger charge is -2.37. The predicted molar refractivity (Wildman–Crippen MR) is 79.1 cm³/mol. The van der Waals surface area contributed by atoms with E-state index < -0.39 is 39.1 Å². The van der Waals surface area contributed by atoms with Gasteiger partial charge in [0.2, 0.25) is 0 Å². The standard InChI is InChI=1S/C16H24F2O5S/c1-15(10-5-3-2-4-6-10)22-13-9-7-11(14(13)23-15)12(8-9)16(17,18)24(19,20)21/h9-14H,2-8H2,1H3,(H,19,20,21)/p-1. The molecular formula is C16H23F2O5S-. The minimum atomic E-state index is -5.67. The number of halogens is 2. The van der Waals surface area contributed by atoms with Crippen LogP contribution >= 0.6 is 0 Å². The Hall–Kier alpha value is -0.310. The molecule has 8 heteroatoms. The van der Waals surface area contributed by atoms with Crippen molar-refractivity contribution in [3.63, 3.8) is 0 Å². The third-order valence-electron chi connectivity index (χ3n) is 6.71. The normalized spacial score (nSPS) is 46.4. The first-order valence-corrected chi connectivity index (χ1v) is 10.2. The second kappa shape index (κ2) is 5.34. The monoisotopic (exact) mass is 365 g/mol. The van der Waals surface area contributed by atoms with E-state index in [-0.39, 0.29) is 24.4 Å². The Labute approximate surface area is 140 Å². The Bertz CT molecular complexity index is 618. The number of hydrogen-bond donors (Lipinski definition) is 0. The lowest BCUT2D eigenvalue weighted by atomic mass is 9.83. The zero-order valence-corrected chi connectivity index (χ0v) is 14.4. The van der Waals surface area contributed by atoms with Gasteiger partial charge in [0.05, 0.1) is 12.2 Å². The van der Waals surface area contributed by atoms with Crippen molar-refractivity contribution in [2.45, 2.75) is 75.1 Å². The van der Waals surface area contributed by atoms with Crippen LogP contribution in [0.1, 0.15) is 51.9 Å². The second-order valence-corrected chi connectivity index (χ2v) is 9.49. The highest BCUT2D eigenvalue weighted by molar-refractivity contribution is 7.86. The van der Waals surface area contributed by atoms with Gasteiger partial charge in [0.15, 0.2) is 15.9 Å². The molecule has 0 radical (unpaired) electrons. The summed E-state index contributed by atoms with van der Waals surface area (Å²) in [6.45, 7) is 1.89. The van der Waals surface area contributed by atoms with Crippen LogP contribution in [0.25, 0.3) is 0 Å². The molecule has 6 atom stereocenters. The van der Waals surface area contributed by atoms with Crippen molar-refractivity contribution in [1.82, 2.24) is 0 Å². The first-order valence-electron chi connectivity index (χ1n) is 8.82. The summed E-state index contributed by atoms with van der Waals surface area (Å²) < 4.78 is 73.5. The fraction of sp³-hybridized carbons (Fsp3) is 1.00. The first kappa shape index (κ1) is 17.1. The maximum absolute atomic E-state index is 14.1. The Balaban J connectivity index is 1.55. The fourth-order valence-electron chi connectivity index (χ4n) is 5.53. The summed E-state index contributed by atoms with van der Waals surface area (Å²) in [6, 6.07) is 0. The highest BCUT2D eigenvalue weighted by Crippen LogP contribution is 2.61. The number of rotatable bonds is 3. The molecule has 1 aliphatic heterocycles. The van der Waals surface area contributed by atoms with Gasteiger partial charge in [-0.25, -0.2) is 8.42 Å². The van der Waals surface area contributed by atoms with Gasteiger partial charge < -0.3 is 14.0 Å². The summed E-state index contributed by atoms with van der Waals surface area (Å²) in [6.07, 6.45) is 5.13. The van der Waals surface area contributed by atoms with Crippen molar-refractivity contribution in [3.8, 4) is 0 Å². The molecule has 4 rings (SSSR count). The minimum absolute atomic E-state index is 0.0183. The van der Waals surface area contributed by atoms with Gasteiger partial charge in [-0.2, -0.15) is 8.78 Å². The van der Waals surface area contributed by atoms with Crippen LogP contribution in [0.4, 0.5) is 8.78 Å². The maximum atomic E-state index is 14.1. The molecule has 3 aliphatic carbocycles. The third kappa shape index (κ3) is 2.36. The number of ether oxygens (including phenoxy) is 2. The van der Waals surface area contributed by atoms with Crippen LogP contribution < -0.4 is 0 Å². The zero-order chi connectivity index (χ0) is 17.3. The molecule has 4 fully saturated rings. The Morgan fingerprint density at radius 3 is 2.33 bits per heavy atom. The zero-order valence-electron chi connectivity index (χ0n) is 13.6. The van der Waals surface area contributed by atoms with E-state index in [2.05, 4.69) is 0 Å². The SMILES string of the molecule is CC1(C2CCCCC2)OC2C3CC(C2O1)C(C(F)(F)S(=O)(=O)[O-])C3. The largest absolute Gasteiger partial charge is 0.743 e. The van der Waals surface area contributed by atoms with E-state index in [1.165, 1.54) is 6.42 Å². The number of hydrogen-bond acceptors (Lipinski definition) is 5. The summed E-state index contributed by atoms with van der Waals surface area (Å²) in [5.41, 5.74) is 0. The van der Waals surface area contributed by atoms with Crippen LogP contribution in [-0.4, -0.2) is 36.2 Å². The molecule has 138 valence electrons. The van der Waals surface area contributed by atoms with Crippen molar-refractivity contribution in [2.75, 3.05) is 0 Å². The van der Waals surface area contributed by atoms with Crippen LogP contribution in [0.15, 0.2) is 0 Å². The molecule has 2 bridgehead atoms. The predicted octanol–water partition coefficient (Wildman–Crippen LogP) is 2.86. The van der Waals surface area contributed by atoms with Gasteiger partial charge in [-0.15, -0.1) is 0 Å². The fourth-order valence-corrected chi connectivity index (χ4v) is 6.17. The van der Waals surface area contributed by atoms with Gasteiger partial charge in [0, 0.05) is 11.8 Å². The molecule has 0 aromatic carbocycles. The summed E-state index contributed by atoms with van der Waals surface area (Å²) in [5, 5.41) is -4.23. The van der Waals surface area contributed by atoms with E-state index >= 15 is 0 Å². The van der Waals surface area contributed by atoms with Crippen LogP contribution in [0.3, 0.4) is 0 Å². The summed E-state index contributed by atoms with van der Waals surface area (Å²) in [5.74, 6) is -2.75. The van der Waals surface area contributed by atoms with Crippen molar-refractivity contribution in [3.05, 3.63) is 0 Å². The van der Waals surface area contributed by atoms with Gasteiger partial charge in [-0.05, 0) is 44.4 Å². The molecule has 4 aliphatic rings. The molecule has 6 unspecified atom stereocenters. The van der Waals surface area contributed by atoms with Crippen molar-refractivity contribution >= 4 is 10.1 Å². The Morgan fingerprint density at radius 2 is 1.71 bits per heavy atom. The topological polar surface area (TPSA) is 75.7 Å². The molecule has 3 saturated carbocycles. The van der Waals surface area contributed by atoms with E-state index in [4.69, 9.17) is 9.47 Å². The molecule has 0 aromatic heterocycles. The van der Waals surface area contributed by atoms with Crippen molar-refractivity contribution in [2.24, 2.45) is 23.7 Å². The van der Waals surface area contributed by atoms with E-state index in [0.29, 0.717) is 6.42 Å². The van der Waals surface area contributed by atoms with E-state index in [0.717, 1.165) is 25.7 Å². The molecule has 24 heavy (non-hydrogen) atoms. The minimum Gasteiger partial charge on any atom is -0.743 e. The summed E-state index contributed by atoms with van der Waals surface area (Å²) >= 11 is 0. The van der Waals surface area contributed by atoms with Gasteiger partial charge in [-0.1, -0.05) is 19.3 Å². The third-order valence-corrected chi connectivity index (χ3v) is 7.68. The molecule has 1 saturated heterocycles. The highest BCUT2D eigenvalue weighted by Gasteiger charge is 2.67. The smallest absolute Gasteiger partial charge is 0.337 e. The molecule has 0 N–H and O–H groups in total. The van der Waals surface area contributed by atoms with Gasteiger partial charge in [0.1, 0.15) is 0 Å². The van der Waals surface area contributed by atoms with Crippen LogP contribution in [0.2, 0.25) is 0 Å². The molecule has 5 nitrogen and oxygen atoms in total. The Kier molecular flexibility index (Phi) is 3.81. The van der Waals surface area contributed by atoms with Gasteiger partial charge >= 0.3 is 5.25 Å². The average Bonchev–Trinajstić information content (AvgIpc) is 3.16. The average molecular weight is 365 g/mol. The molecular weight excluding hydrogens is 342 g/mol. The summed E-state index contributed by atoms with van der Waals surface area (Å²) in [7, 11) is -5.67. The quantitative estimate of drug-likeness (QED) is 0.719. The van der Waals surface area contributed by atoms with E-state index in [1.54, 1.807) is 0 Å². The Morgan fingerprint density at radius 1 is 1.08 bits per heavy atom. The lowest BCUT2D eigenvalue weighted by Crippen LogP contribution is -2.46. The number of fused-ring (bicyclic) bond motifs is 5. The molecule has 0 spiro atoms. The lowest BCUT2D eigenvalue weighted by molar-refractivity contribution is -0.213. The van der Waals surface area contributed by atoms with E-state index in [1.807, 2.05) is 6.92 Å². The molecule has 0 aromatic rings. The van der Waals surface area contributed by atoms with Crippen molar-refractivity contribution in [1.29, 1.82) is 0 Å². The summed E-state index contributed by atoms with van der Waals surface area (Å²) in [4.78, 5) is 0.